The Kier molecular flexibility index (Phi) is 3.49. The van der Waals surface area contributed by atoms with Gasteiger partial charge in [0, 0.05) is 13.1 Å². The Bertz CT molecular complexity index is 495. The van der Waals surface area contributed by atoms with Crippen LogP contribution < -0.4 is 5.32 Å². The van der Waals surface area contributed by atoms with Crippen LogP contribution in [0.15, 0.2) is 30.6 Å². The highest BCUT2D eigenvalue weighted by molar-refractivity contribution is 5.19. The van der Waals surface area contributed by atoms with Gasteiger partial charge in [0.25, 0.3) is 0 Å². The molecular weight excluding hydrogens is 219 g/mol. The minimum absolute atomic E-state index is 0.0644. The van der Waals surface area contributed by atoms with E-state index in [1.54, 1.807) is 17.1 Å². The molecule has 0 aliphatic heterocycles. The second-order valence-electron chi connectivity index (χ2n) is 3.99. The van der Waals surface area contributed by atoms with E-state index in [2.05, 4.69) is 15.4 Å². The standard InChI is InChI=1S/C12H15FN4/c1-9(10-4-3-5-11(13)6-10)14-7-12-15-8-17(2)16-12/h3-6,8-9,14H,7H2,1-2H3. The predicted molar refractivity (Wildman–Crippen MR) is 62.7 cm³/mol. The molecule has 2 rings (SSSR count). The zero-order valence-electron chi connectivity index (χ0n) is 9.89. The predicted octanol–water partition coefficient (Wildman–Crippen LogP) is 1.81. The van der Waals surface area contributed by atoms with E-state index in [4.69, 9.17) is 0 Å². The van der Waals surface area contributed by atoms with Gasteiger partial charge < -0.3 is 5.32 Å². The lowest BCUT2D eigenvalue weighted by atomic mass is 10.1. The zero-order valence-corrected chi connectivity index (χ0v) is 9.89. The fourth-order valence-corrected chi connectivity index (χ4v) is 1.60. The lowest BCUT2D eigenvalue weighted by Gasteiger charge is -2.12. The number of benzene rings is 1. The first-order valence-electron chi connectivity index (χ1n) is 5.48. The van der Waals surface area contributed by atoms with Gasteiger partial charge in [-0.15, -0.1) is 0 Å². The normalized spacial score (nSPS) is 12.6. The van der Waals surface area contributed by atoms with Crippen LogP contribution in [0.2, 0.25) is 0 Å². The molecular formula is C12H15FN4. The Morgan fingerprint density at radius 3 is 2.94 bits per heavy atom. The van der Waals surface area contributed by atoms with Gasteiger partial charge in [-0.05, 0) is 24.6 Å². The maximum absolute atomic E-state index is 13.0. The molecule has 5 heteroatoms. The van der Waals surface area contributed by atoms with Gasteiger partial charge in [-0.25, -0.2) is 9.37 Å². The lowest BCUT2D eigenvalue weighted by Crippen LogP contribution is -2.19. The highest BCUT2D eigenvalue weighted by Gasteiger charge is 2.07. The summed E-state index contributed by atoms with van der Waals surface area (Å²) < 4.78 is 14.7. The highest BCUT2D eigenvalue weighted by atomic mass is 19.1. The average molecular weight is 234 g/mol. The minimum Gasteiger partial charge on any atom is -0.303 e. The van der Waals surface area contributed by atoms with Gasteiger partial charge in [-0.2, -0.15) is 5.10 Å². The summed E-state index contributed by atoms with van der Waals surface area (Å²) in [7, 11) is 1.83. The molecule has 1 N–H and O–H groups in total. The fraction of sp³-hybridized carbons (Fsp3) is 0.333. The first-order valence-corrected chi connectivity index (χ1v) is 5.48. The van der Waals surface area contributed by atoms with E-state index in [-0.39, 0.29) is 11.9 Å². The number of halogens is 1. The molecule has 0 radical (unpaired) electrons. The molecule has 1 unspecified atom stereocenters. The van der Waals surface area contributed by atoms with Crippen LogP contribution in [0.5, 0.6) is 0 Å². The molecule has 4 nitrogen and oxygen atoms in total. The maximum Gasteiger partial charge on any atom is 0.164 e. The summed E-state index contributed by atoms with van der Waals surface area (Å²) >= 11 is 0. The second-order valence-corrected chi connectivity index (χ2v) is 3.99. The van der Waals surface area contributed by atoms with Gasteiger partial charge in [-0.1, -0.05) is 12.1 Å². The van der Waals surface area contributed by atoms with Crippen LogP contribution in [-0.4, -0.2) is 14.8 Å². The summed E-state index contributed by atoms with van der Waals surface area (Å²) in [5, 5.41) is 7.41. The second kappa shape index (κ2) is 5.05. The van der Waals surface area contributed by atoms with Gasteiger partial charge in [-0.3, -0.25) is 4.68 Å². The van der Waals surface area contributed by atoms with Crippen LogP contribution in [0.3, 0.4) is 0 Å². The van der Waals surface area contributed by atoms with Crippen molar-refractivity contribution < 1.29 is 4.39 Å². The Hall–Kier alpha value is -1.75. The molecule has 0 amide bonds. The Morgan fingerprint density at radius 2 is 2.29 bits per heavy atom. The van der Waals surface area contributed by atoms with Crippen molar-refractivity contribution >= 4 is 0 Å². The number of aryl methyl sites for hydroxylation is 1. The highest BCUT2D eigenvalue weighted by Crippen LogP contribution is 2.13. The summed E-state index contributed by atoms with van der Waals surface area (Å²) in [6, 6.07) is 6.64. The van der Waals surface area contributed by atoms with E-state index in [1.165, 1.54) is 12.1 Å². The molecule has 1 atom stereocenters. The topological polar surface area (TPSA) is 42.7 Å². The van der Waals surface area contributed by atoms with E-state index in [1.807, 2.05) is 20.0 Å². The molecule has 2 aromatic rings. The van der Waals surface area contributed by atoms with Crippen LogP contribution in [0.25, 0.3) is 0 Å². The van der Waals surface area contributed by atoms with Gasteiger partial charge in [0.15, 0.2) is 5.82 Å². The van der Waals surface area contributed by atoms with E-state index in [0.717, 1.165) is 11.4 Å². The van der Waals surface area contributed by atoms with Crippen molar-refractivity contribution in [2.45, 2.75) is 19.5 Å². The smallest absolute Gasteiger partial charge is 0.164 e. The number of nitrogens with one attached hydrogen (secondary N) is 1. The zero-order chi connectivity index (χ0) is 12.3. The van der Waals surface area contributed by atoms with Crippen molar-refractivity contribution in [2.75, 3.05) is 0 Å². The Morgan fingerprint density at radius 1 is 1.47 bits per heavy atom. The molecule has 90 valence electrons. The first-order chi connectivity index (χ1) is 8.15. The lowest BCUT2D eigenvalue weighted by molar-refractivity contribution is 0.549. The molecule has 1 aromatic carbocycles. The third-order valence-electron chi connectivity index (χ3n) is 2.56. The summed E-state index contributed by atoms with van der Waals surface area (Å²) in [6.45, 7) is 2.55. The molecule has 0 saturated carbocycles. The number of hydrogen-bond donors (Lipinski definition) is 1. The van der Waals surface area contributed by atoms with Gasteiger partial charge >= 0.3 is 0 Å². The molecule has 0 spiro atoms. The van der Waals surface area contributed by atoms with Gasteiger partial charge in [0.1, 0.15) is 12.1 Å². The Balaban J connectivity index is 1.95. The Labute approximate surface area is 99.5 Å². The molecule has 0 aliphatic rings. The quantitative estimate of drug-likeness (QED) is 0.877. The van der Waals surface area contributed by atoms with Crippen molar-refractivity contribution in [1.29, 1.82) is 0 Å². The molecule has 0 bridgehead atoms. The van der Waals surface area contributed by atoms with E-state index in [0.29, 0.717) is 6.54 Å². The molecule has 1 heterocycles. The SMILES string of the molecule is CC(NCc1ncn(C)n1)c1cccc(F)c1. The maximum atomic E-state index is 13.0. The van der Waals surface area contributed by atoms with Gasteiger partial charge in [0.05, 0.1) is 6.54 Å². The number of nitrogens with zero attached hydrogens (tertiary/aromatic N) is 3. The summed E-state index contributed by atoms with van der Waals surface area (Å²) in [4.78, 5) is 4.11. The minimum atomic E-state index is -0.216. The molecule has 0 aliphatic carbocycles. The van der Waals surface area contributed by atoms with E-state index in [9.17, 15) is 4.39 Å². The van der Waals surface area contributed by atoms with Crippen LogP contribution in [-0.2, 0) is 13.6 Å². The number of aromatic nitrogens is 3. The van der Waals surface area contributed by atoms with Crippen LogP contribution in [0, 0.1) is 5.82 Å². The number of hydrogen-bond acceptors (Lipinski definition) is 3. The van der Waals surface area contributed by atoms with Crippen molar-refractivity contribution in [1.82, 2.24) is 20.1 Å². The molecule has 0 saturated heterocycles. The average Bonchev–Trinajstić information content (AvgIpc) is 2.72. The van der Waals surface area contributed by atoms with Crippen molar-refractivity contribution in [3.8, 4) is 0 Å². The summed E-state index contributed by atoms with van der Waals surface area (Å²) in [5.74, 6) is 0.517. The third kappa shape index (κ3) is 3.10. The van der Waals surface area contributed by atoms with Crippen molar-refractivity contribution in [3.05, 3.63) is 47.8 Å². The molecule has 0 fully saturated rings. The summed E-state index contributed by atoms with van der Waals surface area (Å²) in [5.41, 5.74) is 0.918. The molecule has 1 aromatic heterocycles. The third-order valence-corrected chi connectivity index (χ3v) is 2.56. The van der Waals surface area contributed by atoms with Crippen molar-refractivity contribution in [3.63, 3.8) is 0 Å². The largest absolute Gasteiger partial charge is 0.303 e. The van der Waals surface area contributed by atoms with E-state index >= 15 is 0 Å². The molecule has 17 heavy (non-hydrogen) atoms. The van der Waals surface area contributed by atoms with Crippen molar-refractivity contribution in [2.24, 2.45) is 7.05 Å². The van der Waals surface area contributed by atoms with Crippen LogP contribution in [0.1, 0.15) is 24.4 Å². The first kappa shape index (κ1) is 11.7. The fourth-order valence-electron chi connectivity index (χ4n) is 1.60. The monoisotopic (exact) mass is 234 g/mol. The summed E-state index contributed by atoms with van der Waals surface area (Å²) in [6.07, 6.45) is 1.66. The van der Waals surface area contributed by atoms with Gasteiger partial charge in [0.2, 0.25) is 0 Å². The van der Waals surface area contributed by atoms with Crippen LogP contribution in [0.4, 0.5) is 4.39 Å². The van der Waals surface area contributed by atoms with E-state index < -0.39 is 0 Å². The number of rotatable bonds is 4. The van der Waals surface area contributed by atoms with Crippen LogP contribution >= 0.6 is 0 Å².